The van der Waals surface area contributed by atoms with E-state index in [2.05, 4.69) is 5.32 Å². The molecule has 1 aliphatic rings. The van der Waals surface area contributed by atoms with Crippen LogP contribution in [0.1, 0.15) is 29.8 Å². The lowest BCUT2D eigenvalue weighted by Gasteiger charge is -2.21. The number of carbonyl (C=O) groups excluding carboxylic acids is 3. The molecule has 1 atom stereocenters. The molecule has 0 radical (unpaired) electrons. The van der Waals surface area contributed by atoms with Crippen molar-refractivity contribution in [2.45, 2.75) is 26.3 Å². The molecule has 0 bridgehead atoms. The number of hydrogen-bond acceptors (Lipinski definition) is 6. The molecule has 7 nitrogen and oxygen atoms in total. The maximum absolute atomic E-state index is 12.8. The van der Waals surface area contributed by atoms with Crippen LogP contribution in [-0.4, -0.2) is 43.5 Å². The first-order chi connectivity index (χ1) is 16.4. The summed E-state index contributed by atoms with van der Waals surface area (Å²) in [5, 5.41) is 4.81. The molecule has 3 aromatic carbocycles. The van der Waals surface area contributed by atoms with E-state index in [0.717, 1.165) is 16.3 Å². The lowest BCUT2D eigenvalue weighted by Crippen LogP contribution is -2.46. The topological polar surface area (TPSA) is 90.9 Å². The first-order valence-electron chi connectivity index (χ1n) is 11.3. The molecule has 4 rings (SSSR count). The van der Waals surface area contributed by atoms with E-state index < -0.39 is 18.6 Å². The SMILES string of the molecule is CC(C)[C@@H](NC(=O)Cc1cccc2ccccc12)C(=O)OCC(=O)c1ccc2c(c1)OCCO2. The van der Waals surface area contributed by atoms with Crippen LogP contribution >= 0.6 is 0 Å². The number of fused-ring (bicyclic) bond motifs is 2. The zero-order valence-corrected chi connectivity index (χ0v) is 19.2. The van der Waals surface area contributed by atoms with Gasteiger partial charge in [0.25, 0.3) is 0 Å². The third-order valence-corrected chi connectivity index (χ3v) is 5.68. The predicted molar refractivity (Wildman–Crippen MR) is 127 cm³/mol. The van der Waals surface area contributed by atoms with Gasteiger partial charge in [-0.3, -0.25) is 9.59 Å². The van der Waals surface area contributed by atoms with Gasteiger partial charge in [-0.05, 0) is 40.5 Å². The number of carbonyl (C=O) groups is 3. The van der Waals surface area contributed by atoms with Crippen LogP contribution in [0.15, 0.2) is 60.7 Å². The second-order valence-corrected chi connectivity index (χ2v) is 8.49. The highest BCUT2D eigenvalue weighted by atomic mass is 16.6. The van der Waals surface area contributed by atoms with Crippen molar-refractivity contribution in [1.29, 1.82) is 0 Å². The Balaban J connectivity index is 1.36. The van der Waals surface area contributed by atoms with Gasteiger partial charge in [-0.2, -0.15) is 0 Å². The maximum atomic E-state index is 12.8. The molecule has 3 aromatic rings. The number of rotatable bonds is 8. The smallest absolute Gasteiger partial charge is 0.329 e. The molecule has 0 saturated heterocycles. The minimum atomic E-state index is -0.865. The van der Waals surface area contributed by atoms with Crippen molar-refractivity contribution in [3.05, 3.63) is 71.8 Å². The van der Waals surface area contributed by atoms with Gasteiger partial charge in [-0.25, -0.2) is 4.79 Å². The second kappa shape index (κ2) is 10.4. The fourth-order valence-electron chi connectivity index (χ4n) is 3.87. The Hall–Kier alpha value is -3.87. The number of ether oxygens (including phenoxy) is 3. The third kappa shape index (κ3) is 5.36. The predicted octanol–water partition coefficient (Wildman–Crippen LogP) is 3.72. The molecule has 0 aromatic heterocycles. The molecule has 34 heavy (non-hydrogen) atoms. The Morgan fingerprint density at radius 1 is 0.941 bits per heavy atom. The molecule has 1 N–H and O–H groups in total. The van der Waals surface area contributed by atoms with Crippen LogP contribution in [0, 0.1) is 5.92 Å². The summed E-state index contributed by atoms with van der Waals surface area (Å²) in [5.41, 5.74) is 1.23. The summed E-state index contributed by atoms with van der Waals surface area (Å²) in [7, 11) is 0. The first kappa shape index (κ1) is 23.3. The molecule has 7 heteroatoms. The average molecular weight is 462 g/mol. The van der Waals surface area contributed by atoms with Crippen molar-refractivity contribution in [3.63, 3.8) is 0 Å². The maximum Gasteiger partial charge on any atom is 0.329 e. The summed E-state index contributed by atoms with van der Waals surface area (Å²) in [6, 6.07) is 17.6. The van der Waals surface area contributed by atoms with E-state index in [0.29, 0.717) is 30.3 Å². The second-order valence-electron chi connectivity index (χ2n) is 8.49. The van der Waals surface area contributed by atoms with Crippen molar-refractivity contribution in [2.75, 3.05) is 19.8 Å². The zero-order valence-electron chi connectivity index (χ0n) is 19.2. The van der Waals surface area contributed by atoms with Gasteiger partial charge >= 0.3 is 5.97 Å². The third-order valence-electron chi connectivity index (χ3n) is 5.68. The first-order valence-corrected chi connectivity index (χ1v) is 11.3. The van der Waals surface area contributed by atoms with Crippen LogP contribution in [0.25, 0.3) is 10.8 Å². The zero-order chi connectivity index (χ0) is 24.1. The number of Topliss-reactive ketones (excluding diaryl/α,β-unsaturated/α-hetero) is 1. The molecule has 1 heterocycles. The van der Waals surface area contributed by atoms with Crippen molar-refractivity contribution in [3.8, 4) is 11.5 Å². The summed E-state index contributed by atoms with van der Waals surface area (Å²) in [6.45, 7) is 4.06. The minimum absolute atomic E-state index is 0.133. The van der Waals surface area contributed by atoms with E-state index in [1.54, 1.807) is 18.2 Å². The van der Waals surface area contributed by atoms with Crippen molar-refractivity contribution in [1.82, 2.24) is 5.32 Å². The molecule has 0 aliphatic carbocycles. The Bertz CT molecular complexity index is 1210. The molecular formula is C27H27NO6. The number of ketones is 1. The monoisotopic (exact) mass is 461 g/mol. The van der Waals surface area contributed by atoms with Crippen LogP contribution < -0.4 is 14.8 Å². The Morgan fingerprint density at radius 2 is 1.68 bits per heavy atom. The highest BCUT2D eigenvalue weighted by molar-refractivity contribution is 5.99. The normalized spacial score (nSPS) is 13.4. The van der Waals surface area contributed by atoms with Crippen LogP contribution in [0.5, 0.6) is 11.5 Å². The van der Waals surface area contributed by atoms with Gasteiger partial charge < -0.3 is 19.5 Å². The highest BCUT2D eigenvalue weighted by Gasteiger charge is 2.27. The summed E-state index contributed by atoms with van der Waals surface area (Å²) < 4.78 is 16.2. The minimum Gasteiger partial charge on any atom is -0.486 e. The molecule has 0 unspecified atom stereocenters. The van der Waals surface area contributed by atoms with Gasteiger partial charge in [-0.1, -0.05) is 56.3 Å². The summed E-state index contributed by atoms with van der Waals surface area (Å²) in [5.74, 6) is -0.446. The Labute approximate surface area is 198 Å². The van der Waals surface area contributed by atoms with Crippen molar-refractivity contribution >= 4 is 28.4 Å². The fraction of sp³-hybridized carbons (Fsp3) is 0.296. The lowest BCUT2D eigenvalue weighted by atomic mass is 10.0. The molecule has 176 valence electrons. The Kier molecular flexibility index (Phi) is 7.11. The quantitative estimate of drug-likeness (QED) is 0.406. The summed E-state index contributed by atoms with van der Waals surface area (Å²) in [4.78, 5) is 38.0. The molecule has 0 fully saturated rings. The van der Waals surface area contributed by atoms with E-state index in [4.69, 9.17) is 14.2 Å². The van der Waals surface area contributed by atoms with E-state index >= 15 is 0 Å². The number of esters is 1. The van der Waals surface area contributed by atoms with E-state index in [-0.39, 0.29) is 24.0 Å². The molecular weight excluding hydrogens is 434 g/mol. The standard InChI is InChI=1S/C27H27NO6/c1-17(2)26(28-25(30)15-19-8-5-7-18-6-3-4-9-21(18)19)27(31)34-16-22(29)20-10-11-23-24(14-20)33-13-12-32-23/h3-11,14,17,26H,12-13,15-16H2,1-2H3,(H,28,30)/t26-/m1/s1. The van der Waals surface area contributed by atoms with Crippen LogP contribution in [0.4, 0.5) is 0 Å². The lowest BCUT2D eigenvalue weighted by molar-refractivity contribution is -0.148. The number of benzene rings is 3. The average Bonchev–Trinajstić information content (AvgIpc) is 2.85. The van der Waals surface area contributed by atoms with Crippen LogP contribution in [0.2, 0.25) is 0 Å². The summed E-state index contributed by atoms with van der Waals surface area (Å²) in [6.07, 6.45) is 0.133. The largest absolute Gasteiger partial charge is 0.486 e. The van der Waals surface area contributed by atoms with Gasteiger partial charge in [0.2, 0.25) is 5.91 Å². The van der Waals surface area contributed by atoms with Gasteiger partial charge in [0, 0.05) is 5.56 Å². The van der Waals surface area contributed by atoms with Crippen molar-refractivity contribution in [2.24, 2.45) is 5.92 Å². The molecule has 0 spiro atoms. The van der Waals surface area contributed by atoms with Gasteiger partial charge in [0.1, 0.15) is 19.3 Å². The Morgan fingerprint density at radius 3 is 2.47 bits per heavy atom. The molecule has 1 aliphatic heterocycles. The van der Waals surface area contributed by atoms with Gasteiger partial charge in [0.05, 0.1) is 6.42 Å². The molecule has 1 amide bonds. The summed E-state index contributed by atoms with van der Waals surface area (Å²) >= 11 is 0. The molecule has 0 saturated carbocycles. The van der Waals surface area contributed by atoms with E-state index in [9.17, 15) is 14.4 Å². The van der Waals surface area contributed by atoms with E-state index in [1.165, 1.54) is 0 Å². The number of amides is 1. The van der Waals surface area contributed by atoms with Crippen molar-refractivity contribution < 1.29 is 28.6 Å². The van der Waals surface area contributed by atoms with E-state index in [1.807, 2.05) is 56.3 Å². The van der Waals surface area contributed by atoms with Gasteiger partial charge in [0.15, 0.2) is 23.9 Å². The van der Waals surface area contributed by atoms with Crippen LogP contribution in [-0.2, 0) is 20.7 Å². The fourth-order valence-corrected chi connectivity index (χ4v) is 3.87. The highest BCUT2D eigenvalue weighted by Crippen LogP contribution is 2.30. The number of hydrogen-bond donors (Lipinski definition) is 1. The van der Waals surface area contributed by atoms with Gasteiger partial charge in [-0.15, -0.1) is 0 Å². The number of nitrogens with one attached hydrogen (secondary N) is 1. The van der Waals surface area contributed by atoms with Crippen LogP contribution in [0.3, 0.4) is 0 Å².